The van der Waals surface area contributed by atoms with Crippen molar-refractivity contribution in [3.63, 3.8) is 0 Å². The smallest absolute Gasteiger partial charge is 0.306 e. The van der Waals surface area contributed by atoms with Gasteiger partial charge in [-0.25, -0.2) is 4.39 Å². The van der Waals surface area contributed by atoms with E-state index >= 15 is 0 Å². The first-order valence-electron chi connectivity index (χ1n) is 8.55. The van der Waals surface area contributed by atoms with Crippen LogP contribution >= 0.6 is 0 Å². The average molecular weight is 375 g/mol. The van der Waals surface area contributed by atoms with Crippen molar-refractivity contribution in [2.45, 2.75) is 26.4 Å². The van der Waals surface area contributed by atoms with E-state index in [9.17, 15) is 14.0 Å². The molecule has 2 aromatic carbocycles. The van der Waals surface area contributed by atoms with Crippen molar-refractivity contribution in [3.05, 3.63) is 59.4 Å². The number of amides is 1. The molecule has 0 radical (unpaired) electrons. The molecular formula is C20H22FNO5. The molecule has 0 atom stereocenters. The Balaban J connectivity index is 1.91. The van der Waals surface area contributed by atoms with Gasteiger partial charge in [-0.2, -0.15) is 0 Å². The molecule has 0 saturated heterocycles. The number of primary amides is 1. The van der Waals surface area contributed by atoms with Gasteiger partial charge in [0, 0.05) is 6.42 Å². The van der Waals surface area contributed by atoms with Crippen molar-refractivity contribution < 1.29 is 28.2 Å². The minimum atomic E-state index is -0.568. The lowest BCUT2D eigenvalue weighted by Crippen LogP contribution is -2.20. The Bertz CT molecular complexity index is 794. The number of carbonyl (C=O) groups excluding carboxylic acids is 2. The van der Waals surface area contributed by atoms with Crippen molar-refractivity contribution in [1.82, 2.24) is 0 Å². The zero-order chi connectivity index (χ0) is 19.6. The number of nitrogens with two attached hydrogens (primary N) is 1. The summed E-state index contributed by atoms with van der Waals surface area (Å²) in [6, 6.07) is 11.5. The van der Waals surface area contributed by atoms with Gasteiger partial charge in [0.1, 0.15) is 12.4 Å². The highest BCUT2D eigenvalue weighted by Gasteiger charge is 2.08. The van der Waals surface area contributed by atoms with Gasteiger partial charge in [-0.1, -0.05) is 18.2 Å². The van der Waals surface area contributed by atoms with E-state index in [2.05, 4.69) is 0 Å². The Morgan fingerprint density at radius 3 is 2.59 bits per heavy atom. The highest BCUT2D eigenvalue weighted by Crippen LogP contribution is 2.21. The summed E-state index contributed by atoms with van der Waals surface area (Å²) in [6.45, 7) is 1.98. The van der Waals surface area contributed by atoms with Crippen LogP contribution in [0.15, 0.2) is 42.5 Å². The molecule has 0 aliphatic rings. The minimum absolute atomic E-state index is 0.110. The van der Waals surface area contributed by atoms with Gasteiger partial charge in [0.25, 0.3) is 5.91 Å². The molecule has 144 valence electrons. The predicted molar refractivity (Wildman–Crippen MR) is 96.8 cm³/mol. The van der Waals surface area contributed by atoms with E-state index in [1.165, 1.54) is 12.1 Å². The molecule has 0 aliphatic carbocycles. The Morgan fingerprint density at radius 1 is 1.07 bits per heavy atom. The van der Waals surface area contributed by atoms with Crippen LogP contribution in [0.25, 0.3) is 0 Å². The molecule has 2 N–H and O–H groups in total. The second kappa shape index (κ2) is 10.2. The average Bonchev–Trinajstić information content (AvgIpc) is 2.64. The fraction of sp³-hybridized carbons (Fsp3) is 0.300. The molecular weight excluding hydrogens is 353 g/mol. The molecule has 0 fully saturated rings. The number of esters is 1. The molecule has 2 aromatic rings. The largest absolute Gasteiger partial charge is 0.486 e. The van der Waals surface area contributed by atoms with E-state index in [0.29, 0.717) is 24.3 Å². The van der Waals surface area contributed by atoms with E-state index in [0.717, 1.165) is 5.56 Å². The summed E-state index contributed by atoms with van der Waals surface area (Å²) in [5, 5.41) is 0. The van der Waals surface area contributed by atoms with Gasteiger partial charge in [-0.15, -0.1) is 0 Å². The third-order valence-corrected chi connectivity index (χ3v) is 3.59. The summed E-state index contributed by atoms with van der Waals surface area (Å²) < 4.78 is 29.8. The highest BCUT2D eigenvalue weighted by atomic mass is 19.1. The molecule has 0 saturated carbocycles. The monoisotopic (exact) mass is 375 g/mol. The molecule has 2 rings (SSSR count). The van der Waals surface area contributed by atoms with Gasteiger partial charge in [0.05, 0.1) is 6.61 Å². The maximum atomic E-state index is 14.2. The fourth-order valence-corrected chi connectivity index (χ4v) is 2.34. The van der Waals surface area contributed by atoms with E-state index in [1.807, 2.05) is 0 Å². The van der Waals surface area contributed by atoms with Crippen LogP contribution < -0.4 is 15.2 Å². The standard InChI is InChI=1S/C20H22FNO5/c1-2-25-20(24)9-7-14-6-8-18(17(21)11-14)27-12-15-4-3-5-16(10-15)26-13-19(22)23/h3-6,8,10-11H,2,7,9,12-13H2,1H3,(H2,22,23). The Morgan fingerprint density at radius 2 is 1.89 bits per heavy atom. The van der Waals surface area contributed by atoms with Crippen LogP contribution in [0.1, 0.15) is 24.5 Å². The maximum Gasteiger partial charge on any atom is 0.306 e. The first-order chi connectivity index (χ1) is 13.0. The Hall–Kier alpha value is -3.09. The highest BCUT2D eigenvalue weighted by molar-refractivity contribution is 5.75. The zero-order valence-electron chi connectivity index (χ0n) is 15.1. The number of benzene rings is 2. The number of hydrogen-bond donors (Lipinski definition) is 1. The summed E-state index contributed by atoms with van der Waals surface area (Å²) >= 11 is 0. The van der Waals surface area contributed by atoms with Gasteiger partial charge in [-0.05, 0) is 48.7 Å². The maximum absolute atomic E-state index is 14.2. The number of hydrogen-bond acceptors (Lipinski definition) is 5. The number of aryl methyl sites for hydroxylation is 1. The molecule has 0 aliphatic heterocycles. The predicted octanol–water partition coefficient (Wildman–Crippen LogP) is 2.76. The Labute approximate surface area is 157 Å². The van der Waals surface area contributed by atoms with E-state index in [1.54, 1.807) is 37.3 Å². The zero-order valence-corrected chi connectivity index (χ0v) is 15.1. The van der Waals surface area contributed by atoms with Crippen LogP contribution in [0, 0.1) is 5.82 Å². The van der Waals surface area contributed by atoms with Crippen molar-refractivity contribution in [3.8, 4) is 11.5 Å². The number of ether oxygens (including phenoxy) is 3. The first-order valence-corrected chi connectivity index (χ1v) is 8.55. The molecule has 6 nitrogen and oxygen atoms in total. The van der Waals surface area contributed by atoms with Gasteiger partial charge >= 0.3 is 5.97 Å². The minimum Gasteiger partial charge on any atom is -0.486 e. The third-order valence-electron chi connectivity index (χ3n) is 3.59. The summed E-state index contributed by atoms with van der Waals surface area (Å²) in [5.41, 5.74) is 6.48. The van der Waals surface area contributed by atoms with Gasteiger partial charge in [0.2, 0.25) is 0 Å². The quantitative estimate of drug-likeness (QED) is 0.645. The summed E-state index contributed by atoms with van der Waals surface area (Å²) in [5.74, 6) is -0.793. The normalized spacial score (nSPS) is 10.3. The Kier molecular flexibility index (Phi) is 7.61. The van der Waals surface area contributed by atoms with Crippen molar-refractivity contribution in [2.75, 3.05) is 13.2 Å². The SMILES string of the molecule is CCOC(=O)CCc1ccc(OCc2cccc(OCC(N)=O)c2)c(F)c1. The van der Waals surface area contributed by atoms with Crippen LogP contribution in [-0.4, -0.2) is 25.1 Å². The lowest BCUT2D eigenvalue weighted by Gasteiger charge is -2.10. The summed E-state index contributed by atoms with van der Waals surface area (Å²) in [7, 11) is 0. The second-order valence-corrected chi connectivity index (χ2v) is 5.76. The summed E-state index contributed by atoms with van der Waals surface area (Å²) in [4.78, 5) is 22.1. The molecule has 0 bridgehead atoms. The van der Waals surface area contributed by atoms with Crippen LogP contribution in [0.5, 0.6) is 11.5 Å². The van der Waals surface area contributed by atoms with Crippen molar-refractivity contribution in [1.29, 1.82) is 0 Å². The molecule has 7 heteroatoms. The van der Waals surface area contributed by atoms with Crippen molar-refractivity contribution in [2.24, 2.45) is 5.73 Å². The van der Waals surface area contributed by atoms with Crippen LogP contribution in [0.3, 0.4) is 0 Å². The molecule has 27 heavy (non-hydrogen) atoms. The molecule has 0 aromatic heterocycles. The molecule has 0 unspecified atom stereocenters. The lowest BCUT2D eigenvalue weighted by atomic mass is 10.1. The fourth-order valence-electron chi connectivity index (χ4n) is 2.34. The summed E-state index contributed by atoms with van der Waals surface area (Å²) in [6.07, 6.45) is 0.598. The molecule has 0 heterocycles. The van der Waals surface area contributed by atoms with Crippen LogP contribution in [0.2, 0.25) is 0 Å². The van der Waals surface area contributed by atoms with Gasteiger partial charge < -0.3 is 19.9 Å². The second-order valence-electron chi connectivity index (χ2n) is 5.76. The topological polar surface area (TPSA) is 87.8 Å². The van der Waals surface area contributed by atoms with Gasteiger partial charge in [0.15, 0.2) is 18.2 Å². The van der Waals surface area contributed by atoms with E-state index in [-0.39, 0.29) is 31.4 Å². The number of rotatable bonds is 10. The van der Waals surface area contributed by atoms with Gasteiger partial charge in [-0.3, -0.25) is 9.59 Å². The van der Waals surface area contributed by atoms with Crippen molar-refractivity contribution >= 4 is 11.9 Å². The number of carbonyl (C=O) groups is 2. The molecule has 0 spiro atoms. The number of halogens is 1. The van der Waals surface area contributed by atoms with Crippen LogP contribution in [0.4, 0.5) is 4.39 Å². The lowest BCUT2D eigenvalue weighted by molar-refractivity contribution is -0.143. The van der Waals surface area contributed by atoms with E-state index in [4.69, 9.17) is 19.9 Å². The molecule has 1 amide bonds. The third kappa shape index (κ3) is 6.97. The van der Waals surface area contributed by atoms with Crippen LogP contribution in [-0.2, 0) is 27.4 Å². The van der Waals surface area contributed by atoms with E-state index < -0.39 is 11.7 Å². The first kappa shape index (κ1) is 20.2.